The minimum Gasteiger partial charge on any atom is -0.385 e. The molecule has 1 amide bonds. The number of amides is 1. The summed E-state index contributed by atoms with van der Waals surface area (Å²) in [5, 5.41) is 5.40. The molecule has 0 atom stereocenters. The van der Waals surface area contributed by atoms with Gasteiger partial charge in [-0.25, -0.2) is 4.39 Å². The molecule has 1 aromatic rings. The van der Waals surface area contributed by atoms with Crippen molar-refractivity contribution in [2.45, 2.75) is 19.8 Å². The summed E-state index contributed by atoms with van der Waals surface area (Å²) in [7, 11) is 1.59. The van der Waals surface area contributed by atoms with Gasteiger partial charge in [-0.3, -0.25) is 4.79 Å². The fourth-order valence-corrected chi connectivity index (χ4v) is 1.65. The van der Waals surface area contributed by atoms with Gasteiger partial charge in [-0.05, 0) is 18.6 Å². The Morgan fingerprint density at radius 1 is 1.37 bits per heavy atom. The lowest BCUT2D eigenvalue weighted by Gasteiger charge is -2.10. The number of unbranched alkanes of at least 4 members (excludes halogenated alkanes) is 1. The lowest BCUT2D eigenvalue weighted by atomic mass is 10.1. The Kier molecular flexibility index (Phi) is 6.89. The number of ether oxygens (including phenoxy) is 1. The third-order valence-corrected chi connectivity index (χ3v) is 2.68. The number of carbonyl (C=O) groups excluding carboxylic acids is 1. The van der Waals surface area contributed by atoms with E-state index in [1.807, 2.05) is 0 Å². The van der Waals surface area contributed by atoms with Crippen LogP contribution < -0.4 is 10.6 Å². The number of carbonyl (C=O) groups is 1. The highest BCUT2D eigenvalue weighted by Crippen LogP contribution is 2.18. The van der Waals surface area contributed by atoms with Crippen molar-refractivity contribution in [2.24, 2.45) is 0 Å². The zero-order valence-electron chi connectivity index (χ0n) is 11.5. The van der Waals surface area contributed by atoms with Crippen LogP contribution in [-0.4, -0.2) is 32.7 Å². The van der Waals surface area contributed by atoms with Gasteiger partial charge in [0.25, 0.3) is 5.91 Å². The molecule has 0 aliphatic heterocycles. The van der Waals surface area contributed by atoms with Crippen LogP contribution in [-0.2, 0) is 4.74 Å². The van der Waals surface area contributed by atoms with Gasteiger partial charge in [0.15, 0.2) is 0 Å². The Labute approximate surface area is 113 Å². The Balaban J connectivity index is 2.43. The summed E-state index contributed by atoms with van der Waals surface area (Å²) in [6.07, 6.45) is 2.10. The summed E-state index contributed by atoms with van der Waals surface area (Å²) in [4.78, 5) is 11.9. The Hall–Kier alpha value is -1.62. The van der Waals surface area contributed by atoms with Crippen LogP contribution in [0.1, 0.15) is 30.1 Å². The summed E-state index contributed by atoms with van der Waals surface area (Å²) in [5.74, 6) is -0.739. The van der Waals surface area contributed by atoms with Crippen molar-refractivity contribution in [3.63, 3.8) is 0 Å². The van der Waals surface area contributed by atoms with Crippen molar-refractivity contribution in [1.82, 2.24) is 5.32 Å². The maximum Gasteiger partial charge on any atom is 0.253 e. The fourth-order valence-electron chi connectivity index (χ4n) is 1.65. The van der Waals surface area contributed by atoms with Gasteiger partial charge in [0.1, 0.15) is 5.82 Å². The topological polar surface area (TPSA) is 50.4 Å². The lowest BCUT2D eigenvalue weighted by Crippen LogP contribution is -2.28. The minimum atomic E-state index is -0.436. The first-order chi connectivity index (χ1) is 9.20. The summed E-state index contributed by atoms with van der Waals surface area (Å²) in [5.41, 5.74) is 0.517. The molecule has 1 rings (SSSR count). The monoisotopic (exact) mass is 268 g/mol. The van der Waals surface area contributed by atoms with E-state index in [4.69, 9.17) is 4.74 Å². The van der Waals surface area contributed by atoms with E-state index in [1.54, 1.807) is 13.1 Å². The van der Waals surface area contributed by atoms with Gasteiger partial charge < -0.3 is 15.4 Å². The average Bonchev–Trinajstić information content (AvgIpc) is 2.42. The molecule has 19 heavy (non-hydrogen) atoms. The molecule has 0 aliphatic carbocycles. The molecular weight excluding hydrogens is 247 g/mol. The number of rotatable bonds is 8. The van der Waals surface area contributed by atoms with Gasteiger partial charge in [0, 0.05) is 20.2 Å². The normalized spacial score (nSPS) is 10.3. The number of halogens is 1. The van der Waals surface area contributed by atoms with Gasteiger partial charge in [-0.1, -0.05) is 19.4 Å². The molecule has 106 valence electrons. The number of para-hydroxylation sites is 1. The van der Waals surface area contributed by atoms with Crippen molar-refractivity contribution in [3.8, 4) is 0 Å². The first kappa shape index (κ1) is 15.4. The van der Waals surface area contributed by atoms with E-state index in [9.17, 15) is 9.18 Å². The van der Waals surface area contributed by atoms with Gasteiger partial charge in [-0.15, -0.1) is 0 Å². The molecular formula is C14H21FN2O2. The number of anilines is 1. The van der Waals surface area contributed by atoms with E-state index in [-0.39, 0.29) is 11.6 Å². The van der Waals surface area contributed by atoms with Crippen LogP contribution in [0.15, 0.2) is 18.2 Å². The Morgan fingerprint density at radius 3 is 2.84 bits per heavy atom. The molecule has 0 radical (unpaired) electrons. The average molecular weight is 268 g/mol. The van der Waals surface area contributed by atoms with Crippen LogP contribution in [0.5, 0.6) is 0 Å². The molecule has 0 saturated heterocycles. The molecule has 0 heterocycles. The summed E-state index contributed by atoms with van der Waals surface area (Å²) in [6.45, 7) is 3.68. The zero-order chi connectivity index (χ0) is 14.1. The van der Waals surface area contributed by atoms with Crippen LogP contribution >= 0.6 is 0 Å². The van der Waals surface area contributed by atoms with Crippen LogP contribution in [0.2, 0.25) is 0 Å². The van der Waals surface area contributed by atoms with E-state index in [2.05, 4.69) is 17.6 Å². The van der Waals surface area contributed by atoms with E-state index in [0.29, 0.717) is 25.3 Å². The number of benzene rings is 1. The maximum atomic E-state index is 13.5. The van der Waals surface area contributed by atoms with Crippen molar-refractivity contribution in [2.75, 3.05) is 32.1 Å². The Morgan fingerprint density at radius 2 is 2.16 bits per heavy atom. The van der Waals surface area contributed by atoms with E-state index >= 15 is 0 Å². The zero-order valence-corrected chi connectivity index (χ0v) is 11.5. The largest absolute Gasteiger partial charge is 0.385 e. The number of hydrogen-bond acceptors (Lipinski definition) is 3. The van der Waals surface area contributed by atoms with E-state index < -0.39 is 5.82 Å². The first-order valence-corrected chi connectivity index (χ1v) is 6.53. The smallest absolute Gasteiger partial charge is 0.253 e. The molecule has 0 bridgehead atoms. The highest BCUT2D eigenvalue weighted by atomic mass is 19.1. The fraction of sp³-hybridized carbons (Fsp3) is 0.500. The van der Waals surface area contributed by atoms with Crippen LogP contribution in [0.25, 0.3) is 0 Å². The summed E-state index contributed by atoms with van der Waals surface area (Å²) >= 11 is 0. The van der Waals surface area contributed by atoms with Crippen molar-refractivity contribution >= 4 is 11.6 Å². The van der Waals surface area contributed by atoms with Crippen LogP contribution in [0, 0.1) is 5.82 Å². The molecule has 1 aromatic carbocycles. The molecule has 0 spiro atoms. The molecule has 0 aliphatic rings. The van der Waals surface area contributed by atoms with Crippen LogP contribution in [0.4, 0.5) is 10.1 Å². The third kappa shape index (κ3) is 4.87. The summed E-state index contributed by atoms with van der Waals surface area (Å²) < 4.78 is 18.8. The summed E-state index contributed by atoms with van der Waals surface area (Å²) in [6, 6.07) is 4.42. The van der Waals surface area contributed by atoms with Gasteiger partial charge in [0.05, 0.1) is 17.9 Å². The second-order valence-electron chi connectivity index (χ2n) is 4.13. The second-order valence-corrected chi connectivity index (χ2v) is 4.13. The quantitative estimate of drug-likeness (QED) is 0.712. The van der Waals surface area contributed by atoms with Gasteiger partial charge in [0.2, 0.25) is 0 Å². The first-order valence-electron chi connectivity index (χ1n) is 6.53. The predicted octanol–water partition coefficient (Wildman–Crippen LogP) is 2.41. The molecule has 0 saturated carbocycles. The van der Waals surface area contributed by atoms with Gasteiger partial charge >= 0.3 is 0 Å². The maximum absolute atomic E-state index is 13.5. The van der Waals surface area contributed by atoms with Crippen LogP contribution in [0.3, 0.4) is 0 Å². The molecule has 5 heteroatoms. The van der Waals surface area contributed by atoms with Crippen molar-refractivity contribution in [1.29, 1.82) is 0 Å². The predicted molar refractivity (Wildman–Crippen MR) is 74.0 cm³/mol. The SMILES string of the molecule is CCCCOCCNC(=O)c1cccc(F)c1NC. The molecule has 0 unspecified atom stereocenters. The third-order valence-electron chi connectivity index (χ3n) is 2.68. The number of hydrogen-bond donors (Lipinski definition) is 2. The van der Waals surface area contributed by atoms with E-state index in [1.165, 1.54) is 12.1 Å². The van der Waals surface area contributed by atoms with Gasteiger partial charge in [-0.2, -0.15) is 0 Å². The van der Waals surface area contributed by atoms with E-state index in [0.717, 1.165) is 12.8 Å². The number of nitrogens with one attached hydrogen (secondary N) is 2. The molecule has 0 aromatic heterocycles. The minimum absolute atomic E-state index is 0.215. The highest BCUT2D eigenvalue weighted by Gasteiger charge is 2.13. The lowest BCUT2D eigenvalue weighted by molar-refractivity contribution is 0.0913. The van der Waals surface area contributed by atoms with Crippen molar-refractivity contribution in [3.05, 3.63) is 29.6 Å². The standard InChI is InChI=1S/C14H21FN2O2/c1-3-4-9-19-10-8-17-14(18)11-6-5-7-12(15)13(11)16-2/h5-7,16H,3-4,8-10H2,1-2H3,(H,17,18). The Bertz CT molecular complexity index is 410. The molecule has 2 N–H and O–H groups in total. The highest BCUT2D eigenvalue weighted by molar-refractivity contribution is 5.99. The molecule has 4 nitrogen and oxygen atoms in total. The molecule has 0 fully saturated rings. The second kappa shape index (κ2) is 8.48. The van der Waals surface area contributed by atoms with Crippen molar-refractivity contribution < 1.29 is 13.9 Å².